The van der Waals surface area contributed by atoms with Crippen LogP contribution in [0.4, 0.5) is 10.5 Å². The number of ether oxygens (including phenoxy) is 1. The second-order valence-electron chi connectivity index (χ2n) is 13.2. The van der Waals surface area contributed by atoms with Gasteiger partial charge in [-0.2, -0.15) is 0 Å². The fraction of sp³-hybridized carbons (Fsp3) is 0.487. The molecule has 0 aliphatic heterocycles. The number of fused-ring (bicyclic) bond motifs is 1. The molecule has 0 aliphatic rings. The predicted molar refractivity (Wildman–Crippen MR) is 195 cm³/mol. The molecule has 11 heteroatoms. The number of amides is 4. The highest BCUT2D eigenvalue weighted by Crippen LogP contribution is 2.29. The molecule has 0 aromatic heterocycles. The first kappa shape index (κ1) is 40.0. The van der Waals surface area contributed by atoms with Gasteiger partial charge in [0.25, 0.3) is 0 Å². The van der Waals surface area contributed by atoms with Gasteiger partial charge in [-0.3, -0.25) is 19.3 Å². The summed E-state index contributed by atoms with van der Waals surface area (Å²) in [6, 6.07) is 19.6. The lowest BCUT2D eigenvalue weighted by Gasteiger charge is -2.32. The van der Waals surface area contributed by atoms with Gasteiger partial charge < -0.3 is 30.9 Å². The van der Waals surface area contributed by atoms with Gasteiger partial charge >= 0.3 is 6.09 Å². The number of carbonyl (C=O) groups excluding carboxylic acids is 4. The first-order valence-corrected chi connectivity index (χ1v) is 17.6. The summed E-state index contributed by atoms with van der Waals surface area (Å²) in [4.78, 5) is 55.4. The summed E-state index contributed by atoms with van der Waals surface area (Å²) in [7, 11) is 1.50. The van der Waals surface area contributed by atoms with E-state index in [9.17, 15) is 29.4 Å². The zero-order valence-electron chi connectivity index (χ0n) is 29.9. The molecule has 1 unspecified atom stereocenters. The number of benzene rings is 3. The highest BCUT2D eigenvalue weighted by molar-refractivity contribution is 6.05. The van der Waals surface area contributed by atoms with Crippen molar-refractivity contribution in [3.63, 3.8) is 0 Å². The molecular formula is C39H54N4O7. The van der Waals surface area contributed by atoms with Crippen LogP contribution < -0.4 is 20.9 Å². The van der Waals surface area contributed by atoms with Gasteiger partial charge in [-0.25, -0.2) is 4.79 Å². The molecule has 0 aliphatic carbocycles. The van der Waals surface area contributed by atoms with Crippen molar-refractivity contribution in [2.45, 2.75) is 97.1 Å². The molecule has 3 aromatic carbocycles. The van der Waals surface area contributed by atoms with Gasteiger partial charge in [0.1, 0.15) is 18.7 Å². The molecule has 0 bridgehead atoms. The molecule has 272 valence electrons. The lowest BCUT2D eigenvalue weighted by Crippen LogP contribution is -2.56. The summed E-state index contributed by atoms with van der Waals surface area (Å²) in [6.07, 6.45) is 0.623. The molecule has 0 saturated heterocycles. The van der Waals surface area contributed by atoms with Crippen LogP contribution in [0.15, 0.2) is 72.8 Å². The average molecular weight is 691 g/mol. The van der Waals surface area contributed by atoms with Gasteiger partial charge in [0.15, 0.2) is 0 Å². The van der Waals surface area contributed by atoms with Gasteiger partial charge in [-0.15, -0.1) is 0 Å². The van der Waals surface area contributed by atoms with Crippen LogP contribution in [0.1, 0.15) is 71.8 Å². The van der Waals surface area contributed by atoms with Crippen molar-refractivity contribution < 1.29 is 34.1 Å². The van der Waals surface area contributed by atoms with Crippen molar-refractivity contribution in [1.82, 2.24) is 16.0 Å². The van der Waals surface area contributed by atoms with Crippen LogP contribution >= 0.6 is 0 Å². The molecule has 0 saturated carbocycles. The van der Waals surface area contributed by atoms with Gasteiger partial charge in [0.05, 0.1) is 17.8 Å². The Hall–Kier alpha value is -4.48. The lowest BCUT2D eigenvalue weighted by atomic mass is 9.90. The standard InChI is InChI=1S/C39H54N4O7/c1-6-7-19-32(38(48)42-33(23-26(2)3)35(45)24-30(21-22-44)37(47)40-5)41-36(46)27(4)43(39(49)50-25-28-14-9-8-10-15-28)34-20-13-17-29-16-11-12-18-31(29)34/h8-18,20,26-27,30,32-33,35,44-45H,6-7,19,21-25H2,1-5H3,(H,40,47)(H,41,46)(H,42,48)/t27-,30?,32-,33-,35-/m0/s1. The van der Waals surface area contributed by atoms with Crippen LogP contribution in [0, 0.1) is 11.8 Å². The summed E-state index contributed by atoms with van der Waals surface area (Å²) in [5, 5.41) is 30.8. The second kappa shape index (κ2) is 20.3. The molecule has 0 heterocycles. The summed E-state index contributed by atoms with van der Waals surface area (Å²) in [6.45, 7) is 7.30. The number of anilines is 1. The monoisotopic (exact) mass is 690 g/mol. The molecule has 5 N–H and O–H groups in total. The minimum Gasteiger partial charge on any atom is -0.444 e. The van der Waals surface area contributed by atoms with Gasteiger partial charge in [-0.1, -0.05) is 100 Å². The first-order chi connectivity index (χ1) is 24.0. The van der Waals surface area contributed by atoms with E-state index in [-0.39, 0.29) is 37.9 Å². The third-order valence-electron chi connectivity index (χ3n) is 8.81. The lowest BCUT2D eigenvalue weighted by molar-refractivity contribution is -0.131. The number of rotatable bonds is 19. The van der Waals surface area contributed by atoms with Crippen molar-refractivity contribution in [2.24, 2.45) is 11.8 Å². The van der Waals surface area contributed by atoms with E-state index in [4.69, 9.17) is 4.74 Å². The molecule has 3 aromatic rings. The number of hydrogen-bond acceptors (Lipinski definition) is 7. The Kier molecular flexibility index (Phi) is 16.2. The van der Waals surface area contributed by atoms with Crippen LogP contribution in [0.3, 0.4) is 0 Å². The zero-order valence-corrected chi connectivity index (χ0v) is 29.9. The fourth-order valence-electron chi connectivity index (χ4n) is 6.03. The van der Waals surface area contributed by atoms with Crippen LogP contribution in [-0.2, 0) is 25.7 Å². The summed E-state index contributed by atoms with van der Waals surface area (Å²) in [5.74, 6) is -1.84. The van der Waals surface area contributed by atoms with E-state index in [0.29, 0.717) is 24.9 Å². The molecule has 4 amide bonds. The van der Waals surface area contributed by atoms with E-state index in [1.54, 1.807) is 13.0 Å². The van der Waals surface area contributed by atoms with E-state index in [2.05, 4.69) is 16.0 Å². The van der Waals surface area contributed by atoms with E-state index in [1.165, 1.54) is 11.9 Å². The Bertz CT molecular complexity index is 1530. The minimum absolute atomic E-state index is 0.00938. The van der Waals surface area contributed by atoms with Gasteiger partial charge in [0, 0.05) is 25.0 Å². The summed E-state index contributed by atoms with van der Waals surface area (Å²) in [5.41, 5.74) is 1.29. The quantitative estimate of drug-likeness (QED) is 0.118. The summed E-state index contributed by atoms with van der Waals surface area (Å²) >= 11 is 0. The number of aliphatic hydroxyl groups is 2. The number of hydrogen-bond donors (Lipinski definition) is 5. The molecular weight excluding hydrogens is 636 g/mol. The van der Waals surface area contributed by atoms with Gasteiger partial charge in [0.2, 0.25) is 17.7 Å². The Morgan fingerprint density at radius 1 is 0.820 bits per heavy atom. The summed E-state index contributed by atoms with van der Waals surface area (Å²) < 4.78 is 5.73. The number of carbonyl (C=O) groups is 4. The van der Waals surface area contributed by atoms with E-state index in [0.717, 1.165) is 22.8 Å². The SMILES string of the molecule is CCCC[C@H](NC(=O)[C@H](C)N(C(=O)OCc1ccccc1)c1cccc2ccccc12)C(=O)N[C@@H](CC(C)C)[C@@H](O)CC(CCO)C(=O)NC. The first-order valence-electron chi connectivity index (χ1n) is 17.6. The second-order valence-corrected chi connectivity index (χ2v) is 13.2. The Labute approximate surface area is 295 Å². The van der Waals surface area contributed by atoms with E-state index in [1.807, 2.05) is 87.5 Å². The fourth-order valence-corrected chi connectivity index (χ4v) is 6.03. The number of nitrogens with one attached hydrogen (secondary N) is 3. The predicted octanol–water partition coefficient (Wildman–Crippen LogP) is 5.07. The molecule has 3 rings (SSSR count). The maximum Gasteiger partial charge on any atom is 0.415 e. The zero-order chi connectivity index (χ0) is 36.6. The Morgan fingerprint density at radius 2 is 1.50 bits per heavy atom. The van der Waals surface area contributed by atoms with E-state index < -0.39 is 48.1 Å². The molecule has 0 fully saturated rings. The van der Waals surface area contributed by atoms with Crippen molar-refractivity contribution in [3.05, 3.63) is 78.4 Å². The van der Waals surface area contributed by atoms with Gasteiger partial charge in [-0.05, 0) is 55.5 Å². The van der Waals surface area contributed by atoms with Crippen LogP contribution in [0.5, 0.6) is 0 Å². The molecule has 50 heavy (non-hydrogen) atoms. The smallest absolute Gasteiger partial charge is 0.415 e. The van der Waals surface area contributed by atoms with Crippen LogP contribution in [-0.4, -0.2) is 71.9 Å². The molecule has 11 nitrogen and oxygen atoms in total. The molecule has 5 atom stereocenters. The average Bonchev–Trinajstić information content (AvgIpc) is 3.11. The molecule has 0 spiro atoms. The van der Waals surface area contributed by atoms with E-state index >= 15 is 0 Å². The Balaban J connectivity index is 1.87. The van der Waals surface area contributed by atoms with Crippen LogP contribution in [0.2, 0.25) is 0 Å². The topological polar surface area (TPSA) is 157 Å². The highest BCUT2D eigenvalue weighted by Gasteiger charge is 2.34. The Morgan fingerprint density at radius 3 is 2.16 bits per heavy atom. The third-order valence-corrected chi connectivity index (χ3v) is 8.81. The number of unbranched alkanes of at least 4 members (excludes halogenated alkanes) is 1. The number of aliphatic hydroxyl groups excluding tert-OH is 2. The van der Waals surface area contributed by atoms with Crippen molar-refractivity contribution in [2.75, 3.05) is 18.6 Å². The van der Waals surface area contributed by atoms with Crippen LogP contribution in [0.25, 0.3) is 10.8 Å². The maximum absolute atomic E-state index is 14.0. The molecule has 0 radical (unpaired) electrons. The van der Waals surface area contributed by atoms with Crippen molar-refractivity contribution in [3.8, 4) is 0 Å². The van der Waals surface area contributed by atoms with Crippen molar-refractivity contribution in [1.29, 1.82) is 0 Å². The third kappa shape index (κ3) is 11.6. The highest BCUT2D eigenvalue weighted by atomic mass is 16.6. The maximum atomic E-state index is 14.0. The minimum atomic E-state index is -1.07. The largest absolute Gasteiger partial charge is 0.444 e. The number of nitrogens with zero attached hydrogens (tertiary/aromatic N) is 1. The van der Waals surface area contributed by atoms with Crippen molar-refractivity contribution >= 4 is 40.3 Å². The normalized spacial score (nSPS) is 14.2.